The van der Waals surface area contributed by atoms with E-state index in [1.54, 1.807) is 0 Å². The summed E-state index contributed by atoms with van der Waals surface area (Å²) in [5, 5.41) is 2.58. The van der Waals surface area contributed by atoms with Gasteiger partial charge in [0.25, 0.3) is 5.91 Å². The first kappa shape index (κ1) is 21.4. The Morgan fingerprint density at radius 1 is 1.07 bits per heavy atom. The van der Waals surface area contributed by atoms with Gasteiger partial charge in [0.2, 0.25) is 10.0 Å². The molecule has 9 heteroatoms. The number of sulfonamides is 1. The first-order valence-corrected chi connectivity index (χ1v) is 9.97. The number of hydrogen-bond donors (Lipinski definition) is 2. The number of benzene rings is 2. The second kappa shape index (κ2) is 9.86. The first-order valence-electron chi connectivity index (χ1n) is 8.49. The Kier molecular flexibility index (Phi) is 7.53. The van der Waals surface area contributed by atoms with Crippen molar-refractivity contribution < 1.29 is 27.5 Å². The number of nitrogens with one attached hydrogen (secondary N) is 2. The van der Waals surface area contributed by atoms with Crippen LogP contribution in [0.15, 0.2) is 53.4 Å². The lowest BCUT2D eigenvalue weighted by Crippen LogP contribution is -2.32. The molecule has 28 heavy (non-hydrogen) atoms. The van der Waals surface area contributed by atoms with Crippen molar-refractivity contribution >= 4 is 21.9 Å². The van der Waals surface area contributed by atoms with E-state index in [1.165, 1.54) is 31.3 Å². The summed E-state index contributed by atoms with van der Waals surface area (Å²) in [5.41, 5.74) is 1.22. The molecule has 2 aromatic rings. The third kappa shape index (κ3) is 6.36. The molecule has 0 fully saturated rings. The van der Waals surface area contributed by atoms with Crippen molar-refractivity contribution in [2.24, 2.45) is 0 Å². The summed E-state index contributed by atoms with van der Waals surface area (Å²) in [6, 6.07) is 12.7. The van der Waals surface area contributed by atoms with Gasteiger partial charge in [0.05, 0.1) is 17.0 Å². The van der Waals surface area contributed by atoms with Crippen LogP contribution in [0.1, 0.15) is 15.9 Å². The topological polar surface area (TPSA) is 111 Å². The Morgan fingerprint density at radius 2 is 1.79 bits per heavy atom. The molecule has 2 N–H and O–H groups in total. The van der Waals surface area contributed by atoms with Gasteiger partial charge in [-0.1, -0.05) is 12.1 Å². The molecule has 0 aliphatic rings. The van der Waals surface area contributed by atoms with E-state index in [9.17, 15) is 18.0 Å². The molecule has 2 aromatic carbocycles. The highest BCUT2D eigenvalue weighted by atomic mass is 32.2. The van der Waals surface area contributed by atoms with Gasteiger partial charge in [-0.25, -0.2) is 17.9 Å². The second-order valence-corrected chi connectivity index (χ2v) is 7.71. The molecule has 0 heterocycles. The number of carbonyl (C=O) groups is 2. The average molecular weight is 406 g/mol. The van der Waals surface area contributed by atoms with E-state index in [1.807, 2.05) is 31.2 Å². The highest BCUT2D eigenvalue weighted by molar-refractivity contribution is 7.89. The lowest BCUT2D eigenvalue weighted by atomic mass is 10.2. The maximum absolute atomic E-state index is 11.9. The molecule has 0 spiro atoms. The van der Waals surface area contributed by atoms with Crippen molar-refractivity contribution in [1.29, 1.82) is 0 Å². The van der Waals surface area contributed by atoms with Gasteiger partial charge in [-0.05, 0) is 55.9 Å². The van der Waals surface area contributed by atoms with Crippen LogP contribution in [-0.4, -0.2) is 47.1 Å². The zero-order valence-corrected chi connectivity index (χ0v) is 16.4. The minimum Gasteiger partial charge on any atom is -0.492 e. The van der Waals surface area contributed by atoms with Crippen LogP contribution in [-0.2, 0) is 19.6 Å². The van der Waals surface area contributed by atoms with Gasteiger partial charge >= 0.3 is 5.97 Å². The van der Waals surface area contributed by atoms with Crippen LogP contribution in [0.5, 0.6) is 5.75 Å². The van der Waals surface area contributed by atoms with Gasteiger partial charge in [0.1, 0.15) is 12.4 Å². The Bertz CT molecular complexity index is 926. The summed E-state index contributed by atoms with van der Waals surface area (Å²) in [4.78, 5) is 23.7. The third-order valence-electron chi connectivity index (χ3n) is 3.69. The van der Waals surface area contributed by atoms with Gasteiger partial charge in [-0.15, -0.1) is 0 Å². The van der Waals surface area contributed by atoms with Crippen molar-refractivity contribution in [3.8, 4) is 5.75 Å². The van der Waals surface area contributed by atoms with E-state index in [-0.39, 0.29) is 23.6 Å². The van der Waals surface area contributed by atoms with E-state index in [4.69, 9.17) is 9.47 Å². The van der Waals surface area contributed by atoms with Crippen molar-refractivity contribution in [3.05, 3.63) is 59.7 Å². The average Bonchev–Trinajstić information content (AvgIpc) is 2.69. The minimum absolute atomic E-state index is 0.0258. The number of hydrogen-bond acceptors (Lipinski definition) is 6. The number of amides is 1. The van der Waals surface area contributed by atoms with Crippen molar-refractivity contribution in [2.75, 3.05) is 26.8 Å². The van der Waals surface area contributed by atoms with Crippen molar-refractivity contribution in [2.45, 2.75) is 11.8 Å². The Hall–Kier alpha value is -2.91. The number of esters is 1. The van der Waals surface area contributed by atoms with Crippen LogP contribution in [0.2, 0.25) is 0 Å². The van der Waals surface area contributed by atoms with E-state index < -0.39 is 28.5 Å². The predicted octanol–water partition coefficient (Wildman–Crippen LogP) is 1.26. The molecule has 0 atom stereocenters. The zero-order valence-electron chi connectivity index (χ0n) is 15.6. The first-order chi connectivity index (χ1) is 13.3. The zero-order chi connectivity index (χ0) is 20.6. The molecule has 150 valence electrons. The number of aryl methyl sites for hydroxylation is 1. The van der Waals surface area contributed by atoms with Crippen molar-refractivity contribution in [3.63, 3.8) is 0 Å². The molecule has 0 unspecified atom stereocenters. The summed E-state index contributed by atoms with van der Waals surface area (Å²) in [7, 11) is -2.29. The number of rotatable bonds is 9. The largest absolute Gasteiger partial charge is 0.492 e. The highest BCUT2D eigenvalue weighted by Crippen LogP contribution is 2.12. The maximum atomic E-state index is 11.9. The molecule has 0 radical (unpaired) electrons. The molecule has 1 amide bonds. The van der Waals surface area contributed by atoms with E-state index in [0.717, 1.165) is 5.56 Å². The molecule has 0 aliphatic carbocycles. The van der Waals surface area contributed by atoms with Crippen LogP contribution in [0.3, 0.4) is 0 Å². The van der Waals surface area contributed by atoms with Crippen LogP contribution in [0.25, 0.3) is 0 Å². The summed E-state index contributed by atoms with van der Waals surface area (Å²) in [6.45, 7) is 2.06. The van der Waals surface area contributed by atoms with Crippen LogP contribution in [0, 0.1) is 6.92 Å². The fraction of sp³-hybridized carbons (Fsp3) is 0.263. The highest BCUT2D eigenvalue weighted by Gasteiger charge is 2.14. The lowest BCUT2D eigenvalue weighted by Gasteiger charge is -2.09. The summed E-state index contributed by atoms with van der Waals surface area (Å²) in [6.07, 6.45) is 0. The van der Waals surface area contributed by atoms with Crippen LogP contribution < -0.4 is 14.8 Å². The fourth-order valence-corrected chi connectivity index (χ4v) is 2.95. The van der Waals surface area contributed by atoms with Gasteiger partial charge < -0.3 is 14.8 Å². The number of ether oxygens (including phenoxy) is 2. The molecular formula is C19H22N2O6S. The lowest BCUT2D eigenvalue weighted by molar-refractivity contribution is -0.124. The van der Waals surface area contributed by atoms with Crippen LogP contribution in [0.4, 0.5) is 0 Å². The second-order valence-electron chi connectivity index (χ2n) is 5.82. The molecule has 0 aliphatic heterocycles. The SMILES string of the molecule is CNS(=O)(=O)c1ccc(C(=O)OCC(=O)NCCOc2cccc(C)c2)cc1. The monoisotopic (exact) mass is 406 g/mol. The van der Waals surface area contributed by atoms with Crippen LogP contribution >= 0.6 is 0 Å². The Balaban J connectivity index is 1.72. The molecule has 0 saturated heterocycles. The van der Waals surface area contributed by atoms with E-state index in [2.05, 4.69) is 10.0 Å². The predicted molar refractivity (Wildman–Crippen MR) is 103 cm³/mol. The maximum Gasteiger partial charge on any atom is 0.338 e. The fourth-order valence-electron chi connectivity index (χ4n) is 2.22. The summed E-state index contributed by atoms with van der Waals surface area (Å²) in [5.74, 6) is -0.473. The molecule has 2 rings (SSSR count). The quantitative estimate of drug-likeness (QED) is 0.479. The molecular weight excluding hydrogens is 384 g/mol. The van der Waals surface area contributed by atoms with Crippen molar-refractivity contribution in [1.82, 2.24) is 10.0 Å². The smallest absolute Gasteiger partial charge is 0.338 e. The normalized spacial score (nSPS) is 10.9. The molecule has 0 bridgehead atoms. The Morgan fingerprint density at radius 3 is 2.43 bits per heavy atom. The molecule has 0 aromatic heterocycles. The van der Waals surface area contributed by atoms with Gasteiger partial charge in [0.15, 0.2) is 6.61 Å². The Labute approximate surface area is 163 Å². The summed E-state index contributed by atoms with van der Waals surface area (Å²) < 4.78 is 35.9. The molecule has 8 nitrogen and oxygen atoms in total. The minimum atomic E-state index is -3.58. The van der Waals surface area contributed by atoms with Gasteiger partial charge in [-0.3, -0.25) is 4.79 Å². The molecule has 0 saturated carbocycles. The van der Waals surface area contributed by atoms with Gasteiger partial charge in [0, 0.05) is 0 Å². The summed E-state index contributed by atoms with van der Waals surface area (Å²) >= 11 is 0. The van der Waals surface area contributed by atoms with E-state index in [0.29, 0.717) is 5.75 Å². The van der Waals surface area contributed by atoms with Gasteiger partial charge in [-0.2, -0.15) is 0 Å². The standard InChI is InChI=1S/C19H22N2O6S/c1-14-4-3-5-16(12-14)26-11-10-21-18(22)13-27-19(23)15-6-8-17(9-7-15)28(24,25)20-2/h3-9,12,20H,10-11,13H2,1-2H3,(H,21,22). The van der Waals surface area contributed by atoms with E-state index >= 15 is 0 Å². The number of carbonyl (C=O) groups excluding carboxylic acids is 2. The third-order valence-corrected chi connectivity index (χ3v) is 5.12.